The molecule has 168 valence electrons. The molecule has 0 aliphatic heterocycles. The summed E-state index contributed by atoms with van der Waals surface area (Å²) in [6.45, 7) is 3.96. The number of amides is 1. The molecule has 0 unspecified atom stereocenters. The third kappa shape index (κ3) is 4.58. The molecule has 1 aliphatic carbocycles. The molecule has 2 heterocycles. The van der Waals surface area contributed by atoms with E-state index in [2.05, 4.69) is 15.7 Å². The standard InChI is InChI=1S/C26H28N6O/c1-17-16-18(2)32(31-17)25-24(29-22-10-6-7-11-23(22)30-25)27-21-14-12-19(13-15-21)26(33)28-20-8-4-3-5-9-20/h6-7,10-16,20H,3-5,8-9H2,1-2H3,(H,27,29)(H,28,33). The summed E-state index contributed by atoms with van der Waals surface area (Å²) in [6, 6.07) is 17.6. The Balaban J connectivity index is 1.42. The van der Waals surface area contributed by atoms with E-state index in [0.29, 0.717) is 23.2 Å². The van der Waals surface area contributed by atoms with E-state index in [4.69, 9.17) is 9.97 Å². The lowest BCUT2D eigenvalue weighted by Gasteiger charge is -2.22. The van der Waals surface area contributed by atoms with Crippen LogP contribution in [0.2, 0.25) is 0 Å². The van der Waals surface area contributed by atoms with Crippen LogP contribution in [0.1, 0.15) is 53.8 Å². The van der Waals surface area contributed by atoms with E-state index in [1.54, 1.807) is 0 Å². The Kier molecular flexibility index (Phi) is 5.77. The first-order valence-corrected chi connectivity index (χ1v) is 11.6. The lowest BCUT2D eigenvalue weighted by molar-refractivity contribution is 0.0927. The molecular weight excluding hydrogens is 412 g/mol. The van der Waals surface area contributed by atoms with Gasteiger partial charge in [-0.15, -0.1) is 0 Å². The Hall–Kier alpha value is -3.74. The summed E-state index contributed by atoms with van der Waals surface area (Å²) in [5.74, 6) is 1.24. The number of benzene rings is 2. The van der Waals surface area contributed by atoms with Crippen molar-refractivity contribution in [2.45, 2.75) is 52.0 Å². The number of fused-ring (bicyclic) bond motifs is 1. The molecule has 0 bridgehead atoms. The van der Waals surface area contributed by atoms with Crippen LogP contribution in [0.5, 0.6) is 0 Å². The van der Waals surface area contributed by atoms with Gasteiger partial charge in [-0.3, -0.25) is 4.79 Å². The van der Waals surface area contributed by atoms with E-state index in [-0.39, 0.29) is 5.91 Å². The molecule has 2 N–H and O–H groups in total. The molecule has 2 aromatic heterocycles. The third-order valence-corrected chi connectivity index (χ3v) is 6.11. The third-order valence-electron chi connectivity index (χ3n) is 6.11. The topological polar surface area (TPSA) is 84.7 Å². The summed E-state index contributed by atoms with van der Waals surface area (Å²) in [5, 5.41) is 11.2. The molecule has 0 spiro atoms. The summed E-state index contributed by atoms with van der Waals surface area (Å²) >= 11 is 0. The predicted octanol–water partition coefficient (Wildman–Crippen LogP) is 5.24. The Morgan fingerprint density at radius 3 is 2.30 bits per heavy atom. The van der Waals surface area contributed by atoms with Crippen molar-refractivity contribution in [3.63, 3.8) is 0 Å². The molecule has 7 nitrogen and oxygen atoms in total. The minimum atomic E-state index is -0.0118. The monoisotopic (exact) mass is 440 g/mol. The average Bonchev–Trinajstić information content (AvgIpc) is 3.17. The second-order valence-corrected chi connectivity index (χ2v) is 8.73. The molecule has 5 rings (SSSR count). The van der Waals surface area contributed by atoms with Crippen molar-refractivity contribution < 1.29 is 4.79 Å². The molecule has 4 aromatic rings. The minimum absolute atomic E-state index is 0.0118. The van der Waals surface area contributed by atoms with E-state index in [1.165, 1.54) is 19.3 Å². The van der Waals surface area contributed by atoms with Crippen LogP contribution in [0.25, 0.3) is 16.9 Å². The van der Waals surface area contributed by atoms with E-state index in [1.807, 2.05) is 73.1 Å². The first-order chi connectivity index (χ1) is 16.1. The van der Waals surface area contributed by atoms with Gasteiger partial charge in [0.1, 0.15) is 0 Å². The number of carbonyl (C=O) groups is 1. The smallest absolute Gasteiger partial charge is 0.251 e. The molecule has 0 radical (unpaired) electrons. The first kappa shape index (κ1) is 21.1. The zero-order chi connectivity index (χ0) is 22.8. The lowest BCUT2D eigenvalue weighted by Crippen LogP contribution is -2.36. The number of nitrogens with one attached hydrogen (secondary N) is 2. The lowest BCUT2D eigenvalue weighted by atomic mass is 9.95. The molecule has 0 atom stereocenters. The molecule has 7 heteroatoms. The Labute approximate surface area is 193 Å². The summed E-state index contributed by atoms with van der Waals surface area (Å²) in [4.78, 5) is 22.3. The molecule has 1 saturated carbocycles. The Morgan fingerprint density at radius 2 is 1.64 bits per heavy atom. The van der Waals surface area contributed by atoms with E-state index >= 15 is 0 Å². The van der Waals surface area contributed by atoms with Crippen molar-refractivity contribution in [1.82, 2.24) is 25.1 Å². The van der Waals surface area contributed by atoms with Crippen molar-refractivity contribution in [3.8, 4) is 5.82 Å². The number of para-hydroxylation sites is 2. The van der Waals surface area contributed by atoms with Crippen LogP contribution in [-0.4, -0.2) is 31.7 Å². The number of rotatable bonds is 5. The Morgan fingerprint density at radius 1 is 0.939 bits per heavy atom. The highest BCUT2D eigenvalue weighted by atomic mass is 16.1. The van der Waals surface area contributed by atoms with Gasteiger partial charge in [-0.25, -0.2) is 14.6 Å². The molecule has 0 saturated heterocycles. The van der Waals surface area contributed by atoms with Gasteiger partial charge >= 0.3 is 0 Å². The average molecular weight is 441 g/mol. The van der Waals surface area contributed by atoms with Crippen LogP contribution in [0.15, 0.2) is 54.6 Å². The number of nitrogens with zero attached hydrogens (tertiary/aromatic N) is 4. The van der Waals surface area contributed by atoms with Gasteiger partial charge < -0.3 is 10.6 Å². The van der Waals surface area contributed by atoms with Crippen LogP contribution in [0.4, 0.5) is 11.5 Å². The van der Waals surface area contributed by atoms with E-state index in [0.717, 1.165) is 41.0 Å². The van der Waals surface area contributed by atoms with Crippen molar-refractivity contribution in [1.29, 1.82) is 0 Å². The molecular formula is C26H28N6O. The Bertz CT molecular complexity index is 1290. The van der Waals surface area contributed by atoms with Crippen LogP contribution in [0, 0.1) is 13.8 Å². The molecule has 2 aromatic carbocycles. The molecule has 1 amide bonds. The van der Waals surface area contributed by atoms with Gasteiger partial charge in [0.05, 0.1) is 16.7 Å². The maximum absolute atomic E-state index is 12.6. The fraction of sp³-hybridized carbons (Fsp3) is 0.308. The van der Waals surface area contributed by atoms with Crippen LogP contribution >= 0.6 is 0 Å². The fourth-order valence-corrected chi connectivity index (χ4v) is 4.42. The summed E-state index contributed by atoms with van der Waals surface area (Å²) < 4.78 is 1.81. The van der Waals surface area contributed by atoms with E-state index < -0.39 is 0 Å². The maximum Gasteiger partial charge on any atom is 0.251 e. The minimum Gasteiger partial charge on any atom is -0.349 e. The molecule has 1 aliphatic rings. The van der Waals surface area contributed by atoms with Crippen molar-refractivity contribution >= 4 is 28.4 Å². The number of aryl methyl sites for hydroxylation is 2. The van der Waals surface area contributed by atoms with Gasteiger partial charge in [-0.2, -0.15) is 5.10 Å². The largest absolute Gasteiger partial charge is 0.349 e. The van der Waals surface area contributed by atoms with Crippen molar-refractivity contribution in [2.75, 3.05) is 5.32 Å². The number of hydrogen-bond donors (Lipinski definition) is 2. The van der Waals surface area contributed by atoms with Gasteiger partial charge in [0, 0.05) is 23.0 Å². The first-order valence-electron chi connectivity index (χ1n) is 11.6. The zero-order valence-corrected chi connectivity index (χ0v) is 19.0. The molecule has 33 heavy (non-hydrogen) atoms. The van der Waals surface area contributed by atoms with Crippen molar-refractivity contribution in [3.05, 3.63) is 71.5 Å². The maximum atomic E-state index is 12.6. The highest BCUT2D eigenvalue weighted by Gasteiger charge is 2.17. The second kappa shape index (κ2) is 9.02. The number of hydrogen-bond acceptors (Lipinski definition) is 5. The predicted molar refractivity (Wildman–Crippen MR) is 130 cm³/mol. The van der Waals surface area contributed by atoms with E-state index in [9.17, 15) is 4.79 Å². The molecule has 1 fully saturated rings. The summed E-state index contributed by atoms with van der Waals surface area (Å²) in [6.07, 6.45) is 5.79. The number of anilines is 2. The number of carbonyl (C=O) groups excluding carboxylic acids is 1. The van der Waals surface area contributed by atoms with Gasteiger partial charge in [0.2, 0.25) is 0 Å². The summed E-state index contributed by atoms with van der Waals surface area (Å²) in [7, 11) is 0. The van der Waals surface area contributed by atoms with Gasteiger partial charge in [0.15, 0.2) is 11.6 Å². The fourth-order valence-electron chi connectivity index (χ4n) is 4.42. The second-order valence-electron chi connectivity index (χ2n) is 8.73. The quantitative estimate of drug-likeness (QED) is 0.443. The van der Waals surface area contributed by atoms with Crippen LogP contribution < -0.4 is 10.6 Å². The highest BCUT2D eigenvalue weighted by Crippen LogP contribution is 2.25. The number of aromatic nitrogens is 4. The van der Waals surface area contributed by atoms with Gasteiger partial charge in [-0.1, -0.05) is 31.4 Å². The van der Waals surface area contributed by atoms with Gasteiger partial charge in [0.25, 0.3) is 5.91 Å². The zero-order valence-electron chi connectivity index (χ0n) is 19.0. The SMILES string of the molecule is Cc1cc(C)n(-c2nc3ccccc3nc2Nc2ccc(C(=O)NC3CCCCC3)cc2)n1. The van der Waals surface area contributed by atoms with Crippen molar-refractivity contribution in [2.24, 2.45) is 0 Å². The van der Waals surface area contributed by atoms with Gasteiger partial charge in [-0.05, 0) is 69.2 Å². The summed E-state index contributed by atoms with van der Waals surface area (Å²) in [5.41, 5.74) is 5.00. The highest BCUT2D eigenvalue weighted by molar-refractivity contribution is 5.94. The van der Waals surface area contributed by atoms with Crippen LogP contribution in [-0.2, 0) is 0 Å². The normalized spacial score (nSPS) is 14.4. The van der Waals surface area contributed by atoms with Crippen LogP contribution in [0.3, 0.4) is 0 Å².